The van der Waals surface area contributed by atoms with E-state index < -0.39 is 0 Å². The molecule has 2 aliphatic rings. The van der Waals surface area contributed by atoms with Crippen LogP contribution < -0.4 is 11.1 Å². The minimum Gasteiger partial charge on any atom is -0.368 e. The number of carbonyl (C=O) groups is 1. The van der Waals surface area contributed by atoms with Crippen molar-refractivity contribution in [2.45, 2.75) is 50.7 Å². The van der Waals surface area contributed by atoms with E-state index in [0.717, 1.165) is 51.7 Å². The van der Waals surface area contributed by atoms with Crippen LogP contribution in [0.15, 0.2) is 0 Å². The molecule has 1 aliphatic heterocycles. The van der Waals surface area contributed by atoms with E-state index in [2.05, 4.69) is 5.32 Å². The second-order valence-electron chi connectivity index (χ2n) is 5.04. The number of hydrogen-bond donors (Lipinski definition) is 2. The first-order chi connectivity index (χ1) is 7.75. The second kappa shape index (κ2) is 5.64. The highest BCUT2D eigenvalue weighted by molar-refractivity contribution is 5.80. The van der Waals surface area contributed by atoms with Crippen LogP contribution in [0, 0.1) is 5.92 Å². The van der Waals surface area contributed by atoms with E-state index in [9.17, 15) is 4.79 Å². The Bertz CT molecular complexity index is 239. The first kappa shape index (κ1) is 11.9. The molecule has 3 N–H and O–H groups in total. The molecule has 1 saturated heterocycles. The molecule has 4 nitrogen and oxygen atoms in total. The molecular formula is C12H22N2O2. The van der Waals surface area contributed by atoms with Crippen molar-refractivity contribution in [2.24, 2.45) is 11.7 Å². The molecule has 0 aromatic heterocycles. The van der Waals surface area contributed by atoms with Gasteiger partial charge in [0.05, 0.1) is 0 Å². The zero-order valence-electron chi connectivity index (χ0n) is 9.78. The van der Waals surface area contributed by atoms with Gasteiger partial charge in [-0.05, 0) is 44.4 Å². The summed E-state index contributed by atoms with van der Waals surface area (Å²) in [6.45, 7) is 1.50. The van der Waals surface area contributed by atoms with Crippen LogP contribution in [-0.2, 0) is 9.53 Å². The van der Waals surface area contributed by atoms with E-state index in [1.54, 1.807) is 0 Å². The maximum Gasteiger partial charge on any atom is 0.249 e. The van der Waals surface area contributed by atoms with Gasteiger partial charge in [-0.2, -0.15) is 0 Å². The topological polar surface area (TPSA) is 64.3 Å². The highest BCUT2D eigenvalue weighted by atomic mass is 16.5. The van der Waals surface area contributed by atoms with Gasteiger partial charge >= 0.3 is 0 Å². The lowest BCUT2D eigenvalue weighted by Gasteiger charge is -2.22. The second-order valence-corrected chi connectivity index (χ2v) is 5.04. The predicted molar refractivity (Wildman–Crippen MR) is 61.9 cm³/mol. The number of hydrogen-bond acceptors (Lipinski definition) is 3. The fourth-order valence-corrected chi connectivity index (χ4v) is 2.61. The van der Waals surface area contributed by atoms with Crippen molar-refractivity contribution in [3.8, 4) is 0 Å². The standard InChI is InChI=1S/C12H22N2O2/c13-10-5-4-9(7-10)8-14-12(15)11-3-1-2-6-16-11/h9-11H,1-8,13H2,(H,14,15). The zero-order chi connectivity index (χ0) is 11.4. The Morgan fingerprint density at radius 3 is 2.81 bits per heavy atom. The number of nitrogens with two attached hydrogens (primary N) is 1. The summed E-state index contributed by atoms with van der Waals surface area (Å²) in [5, 5.41) is 3.00. The Morgan fingerprint density at radius 2 is 2.19 bits per heavy atom. The van der Waals surface area contributed by atoms with Gasteiger partial charge in [0.2, 0.25) is 5.91 Å². The molecule has 3 unspecified atom stereocenters. The molecule has 1 saturated carbocycles. The fourth-order valence-electron chi connectivity index (χ4n) is 2.61. The molecule has 0 aromatic rings. The average molecular weight is 226 g/mol. The molecule has 2 rings (SSSR count). The molecule has 0 radical (unpaired) electrons. The summed E-state index contributed by atoms with van der Waals surface area (Å²) in [4.78, 5) is 11.8. The summed E-state index contributed by atoms with van der Waals surface area (Å²) in [6, 6.07) is 0.341. The van der Waals surface area contributed by atoms with Gasteiger partial charge in [-0.25, -0.2) is 0 Å². The third-order valence-corrected chi connectivity index (χ3v) is 3.62. The quantitative estimate of drug-likeness (QED) is 0.748. The summed E-state index contributed by atoms with van der Waals surface area (Å²) in [5.41, 5.74) is 5.84. The summed E-state index contributed by atoms with van der Waals surface area (Å²) in [7, 11) is 0. The van der Waals surface area contributed by atoms with Crippen molar-refractivity contribution in [3.63, 3.8) is 0 Å². The normalized spacial score (nSPS) is 34.9. The highest BCUT2D eigenvalue weighted by Crippen LogP contribution is 2.23. The lowest BCUT2D eigenvalue weighted by Crippen LogP contribution is -2.40. The Morgan fingerprint density at radius 1 is 1.31 bits per heavy atom. The lowest BCUT2D eigenvalue weighted by molar-refractivity contribution is -0.135. The van der Waals surface area contributed by atoms with E-state index in [-0.39, 0.29) is 12.0 Å². The maximum atomic E-state index is 11.8. The largest absolute Gasteiger partial charge is 0.368 e. The third kappa shape index (κ3) is 3.19. The number of amides is 1. The van der Waals surface area contributed by atoms with Crippen LogP contribution in [0.5, 0.6) is 0 Å². The highest BCUT2D eigenvalue weighted by Gasteiger charge is 2.25. The lowest BCUT2D eigenvalue weighted by atomic mass is 10.1. The van der Waals surface area contributed by atoms with Crippen LogP contribution in [0.2, 0.25) is 0 Å². The Kier molecular flexibility index (Phi) is 4.18. The van der Waals surface area contributed by atoms with Gasteiger partial charge in [0, 0.05) is 19.2 Å². The first-order valence-electron chi connectivity index (χ1n) is 6.40. The van der Waals surface area contributed by atoms with Crippen molar-refractivity contribution in [1.29, 1.82) is 0 Å². The molecule has 1 aliphatic carbocycles. The maximum absolute atomic E-state index is 11.8. The van der Waals surface area contributed by atoms with Crippen molar-refractivity contribution in [3.05, 3.63) is 0 Å². The Balaban J connectivity index is 1.66. The molecule has 0 bridgehead atoms. The van der Waals surface area contributed by atoms with Gasteiger partial charge in [-0.15, -0.1) is 0 Å². The average Bonchev–Trinajstić information content (AvgIpc) is 2.73. The molecule has 2 fully saturated rings. The molecule has 92 valence electrons. The Hall–Kier alpha value is -0.610. The van der Waals surface area contributed by atoms with Crippen LogP contribution >= 0.6 is 0 Å². The van der Waals surface area contributed by atoms with Gasteiger partial charge in [0.25, 0.3) is 0 Å². The van der Waals surface area contributed by atoms with Crippen LogP contribution in [-0.4, -0.2) is 31.2 Å². The van der Waals surface area contributed by atoms with Crippen molar-refractivity contribution in [1.82, 2.24) is 5.32 Å². The van der Waals surface area contributed by atoms with E-state index in [4.69, 9.17) is 10.5 Å². The number of ether oxygens (including phenoxy) is 1. The molecule has 3 atom stereocenters. The van der Waals surface area contributed by atoms with E-state index >= 15 is 0 Å². The number of rotatable bonds is 3. The van der Waals surface area contributed by atoms with Gasteiger partial charge in [0.15, 0.2) is 0 Å². The van der Waals surface area contributed by atoms with Gasteiger partial charge in [-0.1, -0.05) is 0 Å². The van der Waals surface area contributed by atoms with Crippen molar-refractivity contribution < 1.29 is 9.53 Å². The summed E-state index contributed by atoms with van der Waals surface area (Å²) in [5.74, 6) is 0.641. The van der Waals surface area contributed by atoms with Crippen molar-refractivity contribution in [2.75, 3.05) is 13.2 Å². The monoisotopic (exact) mass is 226 g/mol. The van der Waals surface area contributed by atoms with Crippen LogP contribution in [0.25, 0.3) is 0 Å². The Labute approximate surface area is 96.9 Å². The van der Waals surface area contributed by atoms with E-state index in [1.807, 2.05) is 0 Å². The summed E-state index contributed by atoms with van der Waals surface area (Å²) in [6.07, 6.45) is 6.15. The SMILES string of the molecule is NC1CCC(CNC(=O)C2CCCCO2)C1. The predicted octanol–water partition coefficient (Wildman–Crippen LogP) is 0.799. The van der Waals surface area contributed by atoms with E-state index in [0.29, 0.717) is 12.0 Å². The molecule has 4 heteroatoms. The molecule has 16 heavy (non-hydrogen) atoms. The van der Waals surface area contributed by atoms with Gasteiger partial charge < -0.3 is 15.8 Å². The number of nitrogens with one attached hydrogen (secondary N) is 1. The minimum atomic E-state index is -0.205. The van der Waals surface area contributed by atoms with Crippen LogP contribution in [0.4, 0.5) is 0 Å². The zero-order valence-corrected chi connectivity index (χ0v) is 9.78. The molecule has 1 amide bonds. The molecular weight excluding hydrogens is 204 g/mol. The molecule has 1 heterocycles. The van der Waals surface area contributed by atoms with Gasteiger partial charge in [0.1, 0.15) is 6.10 Å². The molecule has 0 aromatic carbocycles. The van der Waals surface area contributed by atoms with Crippen LogP contribution in [0.1, 0.15) is 38.5 Å². The van der Waals surface area contributed by atoms with Crippen molar-refractivity contribution >= 4 is 5.91 Å². The smallest absolute Gasteiger partial charge is 0.249 e. The third-order valence-electron chi connectivity index (χ3n) is 3.62. The summed E-state index contributed by atoms with van der Waals surface area (Å²) < 4.78 is 5.44. The molecule has 0 spiro atoms. The minimum absolute atomic E-state index is 0.0696. The van der Waals surface area contributed by atoms with E-state index in [1.165, 1.54) is 0 Å². The van der Waals surface area contributed by atoms with Crippen LogP contribution in [0.3, 0.4) is 0 Å². The summed E-state index contributed by atoms with van der Waals surface area (Å²) >= 11 is 0. The fraction of sp³-hybridized carbons (Fsp3) is 0.917. The number of carbonyl (C=O) groups excluding carboxylic acids is 1. The van der Waals surface area contributed by atoms with Gasteiger partial charge in [-0.3, -0.25) is 4.79 Å². The first-order valence-corrected chi connectivity index (χ1v) is 6.40.